The SMILES string of the molecule is CCOC(=O)N=NC(=O)OCc1ccc(C2CC3C=C[C@H]2C3)cc1. The highest BCUT2D eigenvalue weighted by Crippen LogP contribution is 2.48. The van der Waals surface area contributed by atoms with Gasteiger partial charge in [-0.05, 0) is 48.6 Å². The van der Waals surface area contributed by atoms with Crippen molar-refractivity contribution in [3.63, 3.8) is 0 Å². The second-order valence-electron chi connectivity index (χ2n) is 6.08. The first-order chi connectivity index (χ1) is 11.7. The number of allylic oxidation sites excluding steroid dienone is 2. The fraction of sp³-hybridized carbons (Fsp3) is 0.444. The monoisotopic (exact) mass is 328 g/mol. The van der Waals surface area contributed by atoms with E-state index in [0.29, 0.717) is 11.8 Å². The van der Waals surface area contributed by atoms with E-state index < -0.39 is 12.2 Å². The molecule has 3 atom stereocenters. The molecular formula is C18H20N2O4. The zero-order valence-electron chi connectivity index (χ0n) is 13.6. The minimum absolute atomic E-state index is 0.0948. The van der Waals surface area contributed by atoms with E-state index in [1.165, 1.54) is 18.4 Å². The Labute approximate surface area is 140 Å². The van der Waals surface area contributed by atoms with Crippen molar-refractivity contribution in [2.75, 3.05) is 6.61 Å². The van der Waals surface area contributed by atoms with Gasteiger partial charge in [0.15, 0.2) is 0 Å². The first-order valence-electron chi connectivity index (χ1n) is 8.18. The predicted molar refractivity (Wildman–Crippen MR) is 86.6 cm³/mol. The van der Waals surface area contributed by atoms with Crippen LogP contribution in [0, 0.1) is 11.8 Å². The molecule has 24 heavy (non-hydrogen) atoms. The third-order valence-corrected chi connectivity index (χ3v) is 4.53. The summed E-state index contributed by atoms with van der Waals surface area (Å²) < 4.78 is 9.48. The number of ether oxygens (including phenoxy) is 2. The van der Waals surface area contributed by atoms with Crippen LogP contribution in [0.15, 0.2) is 46.6 Å². The minimum atomic E-state index is -0.912. The molecule has 0 saturated heterocycles. The van der Waals surface area contributed by atoms with E-state index in [9.17, 15) is 9.59 Å². The molecule has 2 aliphatic rings. The van der Waals surface area contributed by atoms with Gasteiger partial charge in [-0.2, -0.15) is 0 Å². The lowest BCUT2D eigenvalue weighted by molar-refractivity contribution is 0.144. The zero-order chi connectivity index (χ0) is 16.9. The Morgan fingerprint density at radius 3 is 2.33 bits per heavy atom. The number of amides is 2. The number of carbonyl (C=O) groups is 2. The van der Waals surface area contributed by atoms with E-state index in [1.807, 2.05) is 12.1 Å². The van der Waals surface area contributed by atoms with Gasteiger partial charge >= 0.3 is 12.2 Å². The summed E-state index contributed by atoms with van der Waals surface area (Å²) in [7, 11) is 0. The maximum absolute atomic E-state index is 11.4. The highest BCUT2D eigenvalue weighted by atomic mass is 16.6. The standard InChI is InChI=1S/C18H20N2O4/c1-2-23-17(21)19-20-18(22)24-11-12-3-6-14(7-4-12)16-10-13-5-8-15(16)9-13/h3-8,13,15-16H,2,9-11H2,1H3/t13?,15-,16?/m0/s1. The zero-order valence-corrected chi connectivity index (χ0v) is 13.6. The lowest BCUT2D eigenvalue weighted by atomic mass is 9.86. The average Bonchev–Trinajstić information content (AvgIpc) is 3.22. The number of azo groups is 1. The fourth-order valence-corrected chi connectivity index (χ4v) is 3.43. The molecule has 0 N–H and O–H groups in total. The summed E-state index contributed by atoms with van der Waals surface area (Å²) in [6.07, 6.45) is 5.35. The average molecular weight is 328 g/mol. The highest BCUT2D eigenvalue weighted by molar-refractivity contribution is 5.73. The van der Waals surface area contributed by atoms with Crippen molar-refractivity contribution in [2.45, 2.75) is 32.3 Å². The third kappa shape index (κ3) is 3.88. The molecular weight excluding hydrogens is 308 g/mol. The van der Waals surface area contributed by atoms with Crippen LogP contribution in [0.1, 0.15) is 36.8 Å². The number of rotatable bonds is 4. The molecule has 2 amide bonds. The van der Waals surface area contributed by atoms with E-state index in [0.717, 1.165) is 11.5 Å². The summed E-state index contributed by atoms with van der Waals surface area (Å²) in [5, 5.41) is 6.24. The molecule has 3 rings (SSSR count). The van der Waals surface area contributed by atoms with Crippen LogP contribution in [0.5, 0.6) is 0 Å². The molecule has 126 valence electrons. The summed E-state index contributed by atoms with van der Waals surface area (Å²) in [6.45, 7) is 1.91. The molecule has 6 nitrogen and oxygen atoms in total. The molecule has 0 aliphatic heterocycles. The van der Waals surface area contributed by atoms with E-state index >= 15 is 0 Å². The van der Waals surface area contributed by atoms with Gasteiger partial charge in [0, 0.05) is 0 Å². The Kier molecular flexibility index (Phi) is 5.03. The van der Waals surface area contributed by atoms with Gasteiger partial charge in [-0.15, -0.1) is 0 Å². The smallest absolute Gasteiger partial charge is 0.447 e. The molecule has 0 radical (unpaired) electrons. The van der Waals surface area contributed by atoms with E-state index in [2.05, 4.69) is 39.3 Å². The second-order valence-corrected chi connectivity index (χ2v) is 6.08. The Morgan fingerprint density at radius 2 is 1.75 bits per heavy atom. The van der Waals surface area contributed by atoms with Gasteiger partial charge in [0.25, 0.3) is 0 Å². The van der Waals surface area contributed by atoms with Gasteiger partial charge in [-0.3, -0.25) is 0 Å². The van der Waals surface area contributed by atoms with Crippen LogP contribution in [0.2, 0.25) is 0 Å². The van der Waals surface area contributed by atoms with Crippen molar-refractivity contribution in [1.29, 1.82) is 0 Å². The molecule has 2 unspecified atom stereocenters. The van der Waals surface area contributed by atoms with Gasteiger partial charge in [0.05, 0.1) is 6.61 Å². The largest absolute Gasteiger partial charge is 0.452 e. The van der Waals surface area contributed by atoms with Crippen molar-refractivity contribution < 1.29 is 19.1 Å². The number of fused-ring (bicyclic) bond motifs is 2. The first-order valence-corrected chi connectivity index (χ1v) is 8.18. The Hall–Kier alpha value is -2.50. The Bertz CT molecular complexity index is 666. The van der Waals surface area contributed by atoms with Gasteiger partial charge in [-0.1, -0.05) is 46.6 Å². The van der Waals surface area contributed by atoms with Crippen LogP contribution in [0.3, 0.4) is 0 Å². The second kappa shape index (κ2) is 7.38. The summed E-state index contributed by atoms with van der Waals surface area (Å²) in [6, 6.07) is 8.12. The van der Waals surface area contributed by atoms with Crippen LogP contribution < -0.4 is 0 Å². The third-order valence-electron chi connectivity index (χ3n) is 4.53. The van der Waals surface area contributed by atoms with Gasteiger partial charge in [0.2, 0.25) is 0 Å². The van der Waals surface area contributed by atoms with Gasteiger partial charge < -0.3 is 9.47 Å². The molecule has 0 aromatic heterocycles. The number of hydrogen-bond donors (Lipinski definition) is 0. The summed E-state index contributed by atoms with van der Waals surface area (Å²) in [4.78, 5) is 22.3. The van der Waals surface area contributed by atoms with Crippen LogP contribution in [0.4, 0.5) is 9.59 Å². The quantitative estimate of drug-likeness (QED) is 0.597. The van der Waals surface area contributed by atoms with Crippen LogP contribution in [-0.2, 0) is 16.1 Å². The van der Waals surface area contributed by atoms with Crippen molar-refractivity contribution in [2.24, 2.45) is 22.1 Å². The molecule has 1 aromatic carbocycles. The topological polar surface area (TPSA) is 77.3 Å². The number of carbonyl (C=O) groups excluding carboxylic acids is 2. The molecule has 1 fully saturated rings. The molecule has 6 heteroatoms. The lowest BCUT2D eigenvalue weighted by Gasteiger charge is -2.18. The van der Waals surface area contributed by atoms with E-state index in [-0.39, 0.29) is 13.2 Å². The minimum Gasteiger partial charge on any atom is -0.447 e. The molecule has 2 aliphatic carbocycles. The number of hydrogen-bond acceptors (Lipinski definition) is 4. The van der Waals surface area contributed by atoms with Crippen molar-refractivity contribution >= 4 is 12.2 Å². The van der Waals surface area contributed by atoms with E-state index in [4.69, 9.17) is 4.74 Å². The maximum atomic E-state index is 11.4. The molecule has 1 saturated carbocycles. The lowest BCUT2D eigenvalue weighted by Crippen LogP contribution is -2.05. The summed E-state index contributed by atoms with van der Waals surface area (Å²) in [5.74, 6) is 2.02. The number of benzene rings is 1. The molecule has 0 heterocycles. The van der Waals surface area contributed by atoms with Crippen molar-refractivity contribution in [1.82, 2.24) is 0 Å². The number of nitrogens with zero attached hydrogens (tertiary/aromatic N) is 2. The van der Waals surface area contributed by atoms with Crippen LogP contribution in [-0.4, -0.2) is 18.8 Å². The van der Waals surface area contributed by atoms with Crippen LogP contribution >= 0.6 is 0 Å². The molecule has 2 bridgehead atoms. The maximum Gasteiger partial charge on any atom is 0.452 e. The van der Waals surface area contributed by atoms with Crippen molar-refractivity contribution in [3.05, 3.63) is 47.5 Å². The molecule has 0 spiro atoms. The van der Waals surface area contributed by atoms with Gasteiger partial charge in [-0.25, -0.2) is 9.59 Å². The van der Waals surface area contributed by atoms with Gasteiger partial charge in [0.1, 0.15) is 6.61 Å². The summed E-state index contributed by atoms with van der Waals surface area (Å²) in [5.41, 5.74) is 2.21. The summed E-state index contributed by atoms with van der Waals surface area (Å²) >= 11 is 0. The Morgan fingerprint density at radius 1 is 1.04 bits per heavy atom. The normalized spacial score (nSPS) is 24.5. The Balaban J connectivity index is 1.49. The van der Waals surface area contributed by atoms with Crippen molar-refractivity contribution in [3.8, 4) is 0 Å². The predicted octanol–water partition coefficient (Wildman–Crippen LogP) is 4.61. The highest BCUT2D eigenvalue weighted by Gasteiger charge is 2.36. The first kappa shape index (κ1) is 16.4. The van der Waals surface area contributed by atoms with E-state index in [1.54, 1.807) is 6.92 Å². The fourth-order valence-electron chi connectivity index (χ4n) is 3.43. The molecule has 1 aromatic rings. The van der Waals surface area contributed by atoms with Crippen LogP contribution in [0.25, 0.3) is 0 Å².